The van der Waals surface area contributed by atoms with Crippen molar-refractivity contribution in [3.05, 3.63) is 48.6 Å². The van der Waals surface area contributed by atoms with Gasteiger partial charge in [-0.3, -0.25) is 18.6 Å². The average molecular weight is 628 g/mol. The predicted molar refractivity (Wildman–Crippen MR) is 173 cm³/mol. The summed E-state index contributed by atoms with van der Waals surface area (Å²) in [4.78, 5) is 33.5. The van der Waals surface area contributed by atoms with Crippen LogP contribution >= 0.6 is 7.82 Å². The van der Waals surface area contributed by atoms with Gasteiger partial charge in [-0.05, 0) is 51.4 Å². The van der Waals surface area contributed by atoms with E-state index < -0.39 is 26.5 Å². The number of unbranched alkanes of at least 4 members (excludes halogenated alkanes) is 8. The fourth-order valence-electron chi connectivity index (χ4n) is 3.84. The molecule has 3 N–H and O–H groups in total. The highest BCUT2D eigenvalue weighted by molar-refractivity contribution is 7.47. The molecular formula is C33H58NO8P. The Morgan fingerprint density at radius 3 is 1.98 bits per heavy atom. The van der Waals surface area contributed by atoms with Crippen molar-refractivity contribution in [1.29, 1.82) is 0 Å². The van der Waals surface area contributed by atoms with Gasteiger partial charge in [0.15, 0.2) is 0 Å². The normalized spacial score (nSPS) is 14.2. The third kappa shape index (κ3) is 31.2. The smallest absolute Gasteiger partial charge is 0.463 e. The second kappa shape index (κ2) is 30.0. The number of carbonyl (C=O) groups is 2. The molecule has 0 rings (SSSR count). The molecule has 2 atom stereocenters. The Hall–Kier alpha value is -2.03. The lowest BCUT2D eigenvalue weighted by molar-refractivity contribution is -0.147. The lowest BCUT2D eigenvalue weighted by Gasteiger charge is -2.15. The van der Waals surface area contributed by atoms with Crippen LogP contribution in [0, 0.1) is 0 Å². The van der Waals surface area contributed by atoms with Crippen LogP contribution < -0.4 is 5.32 Å². The van der Waals surface area contributed by atoms with E-state index in [2.05, 4.69) is 67.8 Å². The van der Waals surface area contributed by atoms with Gasteiger partial charge >= 0.3 is 13.8 Å². The molecule has 0 aromatic carbocycles. The first-order valence-corrected chi connectivity index (χ1v) is 17.6. The number of hydrogen-bond donors (Lipinski definition) is 3. The summed E-state index contributed by atoms with van der Waals surface area (Å²) in [6, 6.07) is 0. The first-order valence-electron chi connectivity index (χ1n) is 16.1. The number of allylic oxidation sites excluding steroid dienone is 8. The summed E-state index contributed by atoms with van der Waals surface area (Å²) in [7, 11) is -4.41. The maximum absolute atomic E-state index is 12.0. The molecule has 0 aliphatic heterocycles. The number of phosphoric acid groups is 1. The van der Waals surface area contributed by atoms with Crippen molar-refractivity contribution in [3.63, 3.8) is 0 Å². The predicted octanol–water partition coefficient (Wildman–Crippen LogP) is 7.65. The van der Waals surface area contributed by atoms with Crippen molar-refractivity contribution in [2.75, 3.05) is 26.4 Å². The van der Waals surface area contributed by atoms with Gasteiger partial charge in [0.25, 0.3) is 0 Å². The van der Waals surface area contributed by atoms with Gasteiger partial charge in [-0.25, -0.2) is 4.57 Å². The van der Waals surface area contributed by atoms with E-state index in [4.69, 9.17) is 13.8 Å². The monoisotopic (exact) mass is 627 g/mol. The third-order valence-electron chi connectivity index (χ3n) is 6.27. The molecule has 0 saturated heterocycles. The molecule has 0 fully saturated rings. The zero-order valence-electron chi connectivity index (χ0n) is 26.6. The third-order valence-corrected chi connectivity index (χ3v) is 7.26. The number of ether oxygens (including phenoxy) is 1. The number of aliphatic hydroxyl groups excluding tert-OH is 1. The van der Waals surface area contributed by atoms with Crippen molar-refractivity contribution in [1.82, 2.24) is 5.32 Å². The molecule has 248 valence electrons. The van der Waals surface area contributed by atoms with E-state index in [1.807, 2.05) is 0 Å². The summed E-state index contributed by atoms with van der Waals surface area (Å²) in [6.45, 7) is 3.29. The largest absolute Gasteiger partial charge is 0.472 e. The Morgan fingerprint density at radius 1 is 0.744 bits per heavy atom. The minimum absolute atomic E-state index is 0.0579. The van der Waals surface area contributed by atoms with Crippen LogP contribution in [0.5, 0.6) is 0 Å². The van der Waals surface area contributed by atoms with Crippen LogP contribution in [-0.2, 0) is 27.9 Å². The van der Waals surface area contributed by atoms with Crippen LogP contribution in [0.25, 0.3) is 0 Å². The van der Waals surface area contributed by atoms with E-state index in [9.17, 15) is 24.2 Å². The van der Waals surface area contributed by atoms with Gasteiger partial charge < -0.3 is 20.1 Å². The lowest BCUT2D eigenvalue weighted by atomic mass is 10.1. The molecule has 0 aliphatic rings. The molecule has 10 heteroatoms. The zero-order chi connectivity index (χ0) is 31.9. The second-order valence-corrected chi connectivity index (χ2v) is 11.9. The molecule has 0 radical (unpaired) electrons. The maximum atomic E-state index is 12.0. The van der Waals surface area contributed by atoms with E-state index in [0.29, 0.717) is 6.42 Å². The fraction of sp³-hybridized carbons (Fsp3) is 0.697. The minimum atomic E-state index is -4.41. The SMILES string of the molecule is CC/C=C\C/C=C\C/C=C\C/C=C\CCCCC(=O)NCCOP(=O)(O)OCC(O)COC(=O)CCCCCCCCC. The molecule has 0 heterocycles. The summed E-state index contributed by atoms with van der Waals surface area (Å²) < 4.78 is 26.5. The van der Waals surface area contributed by atoms with Crippen LogP contribution in [0.3, 0.4) is 0 Å². The van der Waals surface area contributed by atoms with Crippen molar-refractivity contribution < 1.29 is 37.9 Å². The van der Waals surface area contributed by atoms with E-state index in [0.717, 1.165) is 64.2 Å². The Bertz CT molecular complexity index is 856. The Balaban J connectivity index is 3.74. The molecule has 0 aliphatic carbocycles. The molecule has 9 nitrogen and oxygen atoms in total. The van der Waals surface area contributed by atoms with Gasteiger partial charge in [0.05, 0.1) is 13.2 Å². The van der Waals surface area contributed by atoms with Crippen LogP contribution in [-0.4, -0.2) is 54.3 Å². The van der Waals surface area contributed by atoms with E-state index >= 15 is 0 Å². The van der Waals surface area contributed by atoms with Gasteiger partial charge in [0.2, 0.25) is 5.91 Å². The number of hydrogen-bond acceptors (Lipinski definition) is 7. The van der Waals surface area contributed by atoms with Crippen molar-refractivity contribution in [2.24, 2.45) is 0 Å². The number of nitrogens with one attached hydrogen (secondary N) is 1. The first kappa shape index (κ1) is 41.0. The molecule has 0 bridgehead atoms. The summed E-state index contributed by atoms with van der Waals surface area (Å²) in [5.41, 5.74) is 0. The summed E-state index contributed by atoms with van der Waals surface area (Å²) in [5, 5.41) is 12.5. The molecule has 2 unspecified atom stereocenters. The van der Waals surface area contributed by atoms with Crippen molar-refractivity contribution in [2.45, 2.75) is 123 Å². The van der Waals surface area contributed by atoms with Gasteiger partial charge in [0, 0.05) is 19.4 Å². The second-order valence-electron chi connectivity index (χ2n) is 10.4. The minimum Gasteiger partial charge on any atom is -0.463 e. The van der Waals surface area contributed by atoms with Gasteiger partial charge in [0.1, 0.15) is 12.7 Å². The molecule has 0 saturated carbocycles. The Labute approximate surface area is 260 Å². The maximum Gasteiger partial charge on any atom is 0.472 e. The number of esters is 1. The van der Waals surface area contributed by atoms with Crippen LogP contribution in [0.4, 0.5) is 0 Å². The molecule has 1 amide bonds. The topological polar surface area (TPSA) is 131 Å². The summed E-state index contributed by atoms with van der Waals surface area (Å²) in [5.74, 6) is -0.572. The highest BCUT2D eigenvalue weighted by atomic mass is 31.2. The molecule has 0 aromatic rings. The molecule has 0 spiro atoms. The van der Waals surface area contributed by atoms with Gasteiger partial charge in [-0.2, -0.15) is 0 Å². The number of amides is 1. The average Bonchev–Trinajstić information content (AvgIpc) is 2.98. The van der Waals surface area contributed by atoms with Crippen LogP contribution in [0.1, 0.15) is 117 Å². The van der Waals surface area contributed by atoms with Crippen LogP contribution in [0.2, 0.25) is 0 Å². The van der Waals surface area contributed by atoms with Crippen molar-refractivity contribution >= 4 is 19.7 Å². The molecule has 0 aromatic heterocycles. The van der Waals surface area contributed by atoms with Crippen molar-refractivity contribution in [3.8, 4) is 0 Å². The zero-order valence-corrected chi connectivity index (χ0v) is 27.5. The first-order chi connectivity index (χ1) is 20.8. The summed E-state index contributed by atoms with van der Waals surface area (Å²) >= 11 is 0. The standard InChI is InChI=1S/C33H58NO8P/c1-3-5-7-9-11-12-13-14-15-16-17-18-20-21-23-25-32(36)34-27-28-41-43(38,39)42-30-31(35)29-40-33(37)26-24-22-19-10-8-6-4-2/h5,7,11-12,14-15,17-18,31,35H,3-4,6,8-10,13,16,19-30H2,1-2H3,(H,34,36)(H,38,39)/b7-5-,12-11-,15-14-,18-17-. The number of carbonyl (C=O) groups excluding carboxylic acids is 2. The van der Waals surface area contributed by atoms with Crippen LogP contribution in [0.15, 0.2) is 48.6 Å². The lowest BCUT2D eigenvalue weighted by Crippen LogP contribution is -2.27. The van der Waals surface area contributed by atoms with E-state index in [1.54, 1.807) is 0 Å². The fourth-order valence-corrected chi connectivity index (χ4v) is 4.60. The molecule has 43 heavy (non-hydrogen) atoms. The molecular weight excluding hydrogens is 569 g/mol. The Morgan fingerprint density at radius 2 is 1.33 bits per heavy atom. The highest BCUT2D eigenvalue weighted by Gasteiger charge is 2.23. The number of aliphatic hydroxyl groups is 1. The Kier molecular flexibility index (Phi) is 28.6. The number of phosphoric ester groups is 1. The van der Waals surface area contributed by atoms with Gasteiger partial charge in [-0.1, -0.05) is 101 Å². The van der Waals surface area contributed by atoms with Gasteiger partial charge in [-0.15, -0.1) is 0 Å². The quantitative estimate of drug-likeness (QED) is 0.0334. The highest BCUT2D eigenvalue weighted by Crippen LogP contribution is 2.42. The number of rotatable bonds is 29. The summed E-state index contributed by atoms with van der Waals surface area (Å²) in [6.07, 6.45) is 30.7. The van der Waals surface area contributed by atoms with E-state index in [1.165, 1.54) is 25.7 Å². The van der Waals surface area contributed by atoms with E-state index in [-0.39, 0.29) is 32.1 Å².